The zero-order chi connectivity index (χ0) is 14.9. The first-order valence-corrected chi connectivity index (χ1v) is 9.63. The molecule has 1 atom stereocenters. The lowest BCUT2D eigenvalue weighted by molar-refractivity contribution is 0.227. The summed E-state index contributed by atoms with van der Waals surface area (Å²) in [5.74, 6) is 0. The van der Waals surface area contributed by atoms with E-state index >= 15 is 0 Å². The van der Waals surface area contributed by atoms with E-state index in [4.69, 9.17) is 0 Å². The number of nitrogens with zero attached hydrogens (tertiary/aromatic N) is 2. The van der Waals surface area contributed by atoms with Crippen LogP contribution in [0.25, 0.3) is 0 Å². The lowest BCUT2D eigenvalue weighted by Crippen LogP contribution is -2.54. The van der Waals surface area contributed by atoms with E-state index in [0.29, 0.717) is 25.7 Å². The van der Waals surface area contributed by atoms with E-state index in [1.807, 2.05) is 6.08 Å². The maximum absolute atomic E-state index is 12.9. The maximum Gasteiger partial charge on any atom is 0.282 e. The number of piperidine rings is 1. The molecule has 5 nitrogen and oxygen atoms in total. The van der Waals surface area contributed by atoms with Gasteiger partial charge in [-0.05, 0) is 39.0 Å². The molecule has 1 unspecified atom stereocenters. The molecule has 6 heteroatoms. The molecule has 1 saturated carbocycles. The van der Waals surface area contributed by atoms with Gasteiger partial charge >= 0.3 is 0 Å². The van der Waals surface area contributed by atoms with Gasteiger partial charge in [0.2, 0.25) is 0 Å². The van der Waals surface area contributed by atoms with E-state index in [-0.39, 0.29) is 6.04 Å². The van der Waals surface area contributed by atoms with Crippen LogP contribution in [-0.2, 0) is 10.2 Å². The molecule has 2 heterocycles. The molecule has 0 aromatic rings. The third kappa shape index (κ3) is 3.67. The van der Waals surface area contributed by atoms with Gasteiger partial charge in [0.25, 0.3) is 10.2 Å². The smallest absolute Gasteiger partial charge is 0.282 e. The first-order valence-electron chi connectivity index (χ1n) is 8.23. The van der Waals surface area contributed by atoms with Crippen LogP contribution < -0.4 is 5.32 Å². The Balaban J connectivity index is 1.68. The molecule has 1 N–H and O–H groups in total. The Morgan fingerprint density at radius 2 is 2.05 bits per heavy atom. The minimum absolute atomic E-state index is 0.136. The molecular formula is C15H27N3O2S. The van der Waals surface area contributed by atoms with Gasteiger partial charge in [0.15, 0.2) is 0 Å². The molecule has 0 radical (unpaired) electrons. The van der Waals surface area contributed by atoms with Crippen molar-refractivity contribution in [1.29, 1.82) is 0 Å². The fourth-order valence-electron chi connectivity index (χ4n) is 3.18. The predicted octanol–water partition coefficient (Wildman–Crippen LogP) is 1.49. The maximum atomic E-state index is 12.9. The fraction of sp³-hybridized carbons (Fsp3) is 0.867. The Morgan fingerprint density at radius 3 is 2.71 bits per heavy atom. The van der Waals surface area contributed by atoms with Gasteiger partial charge in [-0.1, -0.05) is 18.1 Å². The van der Waals surface area contributed by atoms with Gasteiger partial charge in [0.05, 0.1) is 0 Å². The first-order chi connectivity index (χ1) is 10.1. The number of hydrogen-bond donors (Lipinski definition) is 1. The normalized spacial score (nSPS) is 29.4. The lowest BCUT2D eigenvalue weighted by atomic mass is 10.1. The summed E-state index contributed by atoms with van der Waals surface area (Å²) in [5, 5.41) is 3.50. The first kappa shape index (κ1) is 15.5. The second kappa shape index (κ2) is 6.36. The Morgan fingerprint density at radius 1 is 1.24 bits per heavy atom. The average Bonchev–Trinajstić information content (AvgIpc) is 3.30. The van der Waals surface area contributed by atoms with E-state index < -0.39 is 10.2 Å². The third-order valence-corrected chi connectivity index (χ3v) is 6.87. The molecule has 3 rings (SSSR count). The van der Waals surface area contributed by atoms with Gasteiger partial charge in [0.1, 0.15) is 0 Å². The molecule has 0 bridgehead atoms. The summed E-state index contributed by atoms with van der Waals surface area (Å²) < 4.78 is 29.2. The molecule has 120 valence electrons. The van der Waals surface area contributed by atoms with Crippen LogP contribution in [0.15, 0.2) is 11.6 Å². The summed E-state index contributed by atoms with van der Waals surface area (Å²) in [5.41, 5.74) is 1.30. The summed E-state index contributed by atoms with van der Waals surface area (Å²) in [6.45, 7) is 4.73. The van der Waals surface area contributed by atoms with E-state index in [0.717, 1.165) is 32.2 Å². The molecule has 21 heavy (non-hydrogen) atoms. The van der Waals surface area contributed by atoms with E-state index in [1.165, 1.54) is 18.4 Å². The number of rotatable bonds is 5. The van der Waals surface area contributed by atoms with Gasteiger partial charge in [-0.25, -0.2) is 0 Å². The van der Waals surface area contributed by atoms with E-state index in [2.05, 4.69) is 12.2 Å². The van der Waals surface area contributed by atoms with Gasteiger partial charge in [-0.3, -0.25) is 0 Å². The van der Waals surface area contributed by atoms with Crippen molar-refractivity contribution in [2.75, 3.05) is 26.2 Å². The molecule has 3 aliphatic rings. The molecule has 2 aliphatic heterocycles. The minimum Gasteiger partial charge on any atom is -0.312 e. The van der Waals surface area contributed by atoms with Crippen molar-refractivity contribution < 1.29 is 8.42 Å². The van der Waals surface area contributed by atoms with Crippen LogP contribution in [0.1, 0.15) is 45.4 Å². The lowest BCUT2D eigenvalue weighted by Gasteiger charge is -2.38. The second-order valence-corrected chi connectivity index (χ2v) is 8.49. The van der Waals surface area contributed by atoms with Crippen LogP contribution in [0, 0.1) is 0 Å². The van der Waals surface area contributed by atoms with Crippen molar-refractivity contribution in [2.24, 2.45) is 0 Å². The van der Waals surface area contributed by atoms with Crippen LogP contribution in [0.4, 0.5) is 0 Å². The molecule has 2 fully saturated rings. The molecule has 0 aromatic carbocycles. The summed E-state index contributed by atoms with van der Waals surface area (Å²) in [6.07, 6.45) is 8.51. The van der Waals surface area contributed by atoms with Crippen molar-refractivity contribution in [1.82, 2.24) is 13.9 Å². The van der Waals surface area contributed by atoms with Crippen LogP contribution in [-0.4, -0.2) is 55.3 Å². The van der Waals surface area contributed by atoms with E-state index in [9.17, 15) is 8.42 Å². The zero-order valence-corrected chi connectivity index (χ0v) is 13.7. The third-order valence-electron chi connectivity index (χ3n) is 4.81. The number of hydrogen-bond acceptors (Lipinski definition) is 3. The fourth-order valence-corrected chi connectivity index (χ4v) is 4.98. The quantitative estimate of drug-likeness (QED) is 0.783. The molecule has 0 aromatic heterocycles. The average molecular weight is 313 g/mol. The Bertz CT molecular complexity index is 499. The largest absolute Gasteiger partial charge is 0.312 e. The van der Waals surface area contributed by atoms with Gasteiger partial charge in [-0.2, -0.15) is 17.0 Å². The number of nitrogens with one attached hydrogen (secondary N) is 1. The molecule has 0 amide bonds. The Kier molecular flexibility index (Phi) is 4.69. The van der Waals surface area contributed by atoms with Crippen molar-refractivity contribution >= 4 is 10.2 Å². The molecular weight excluding hydrogens is 286 g/mol. The van der Waals surface area contributed by atoms with Gasteiger partial charge in [-0.15, -0.1) is 0 Å². The van der Waals surface area contributed by atoms with Crippen LogP contribution in [0.3, 0.4) is 0 Å². The topological polar surface area (TPSA) is 52.7 Å². The van der Waals surface area contributed by atoms with Crippen LogP contribution in [0.5, 0.6) is 0 Å². The summed E-state index contributed by atoms with van der Waals surface area (Å²) in [7, 11) is -3.30. The molecule has 0 spiro atoms. The zero-order valence-electron chi connectivity index (χ0n) is 12.9. The molecule has 1 aliphatic carbocycles. The molecule has 1 saturated heterocycles. The summed E-state index contributed by atoms with van der Waals surface area (Å²) in [4.78, 5) is 0. The summed E-state index contributed by atoms with van der Waals surface area (Å²) in [6, 6.07) is 0.772. The summed E-state index contributed by atoms with van der Waals surface area (Å²) >= 11 is 0. The van der Waals surface area contributed by atoms with Crippen LogP contribution >= 0.6 is 0 Å². The van der Waals surface area contributed by atoms with Crippen molar-refractivity contribution in [3.8, 4) is 0 Å². The highest BCUT2D eigenvalue weighted by molar-refractivity contribution is 7.86. The van der Waals surface area contributed by atoms with Gasteiger partial charge < -0.3 is 5.32 Å². The SMILES string of the molecule is CC1=CCN(S(=O)(=O)N2CCCCC2CNC2CC2)CC1. The highest BCUT2D eigenvalue weighted by Gasteiger charge is 2.37. The minimum atomic E-state index is -3.30. The highest BCUT2D eigenvalue weighted by atomic mass is 32.2. The van der Waals surface area contributed by atoms with Crippen molar-refractivity contribution in [3.05, 3.63) is 11.6 Å². The Hall–Kier alpha value is -0.430. The monoisotopic (exact) mass is 313 g/mol. The second-order valence-electron chi connectivity index (χ2n) is 6.61. The Labute approximate surface area is 128 Å². The van der Waals surface area contributed by atoms with Crippen molar-refractivity contribution in [3.63, 3.8) is 0 Å². The predicted molar refractivity (Wildman–Crippen MR) is 84.2 cm³/mol. The standard InChI is InChI=1S/C15H27N3O2S/c1-13-7-10-17(11-8-13)21(19,20)18-9-3-2-4-15(18)12-16-14-5-6-14/h7,14-16H,2-6,8-12H2,1H3. The van der Waals surface area contributed by atoms with E-state index in [1.54, 1.807) is 8.61 Å². The van der Waals surface area contributed by atoms with Crippen molar-refractivity contribution in [2.45, 2.75) is 57.5 Å². The van der Waals surface area contributed by atoms with Crippen LogP contribution in [0.2, 0.25) is 0 Å². The van der Waals surface area contributed by atoms with Gasteiger partial charge in [0, 0.05) is 38.3 Å². The highest BCUT2D eigenvalue weighted by Crippen LogP contribution is 2.25.